The minimum absolute atomic E-state index is 0.817. The van der Waals surface area contributed by atoms with Crippen molar-refractivity contribution in [2.75, 3.05) is 14.2 Å². The third kappa shape index (κ3) is 2.13. The van der Waals surface area contributed by atoms with E-state index in [1.165, 1.54) is 4.88 Å². The van der Waals surface area contributed by atoms with Crippen LogP contribution in [0.1, 0.15) is 0 Å². The van der Waals surface area contributed by atoms with Gasteiger partial charge in [-0.15, -0.1) is 11.3 Å². The van der Waals surface area contributed by atoms with Gasteiger partial charge in [-0.2, -0.15) is 0 Å². The Morgan fingerprint density at radius 2 is 1.67 bits per heavy atom. The van der Waals surface area contributed by atoms with Crippen molar-refractivity contribution < 1.29 is 9.47 Å². The molecule has 1 aromatic carbocycles. The first kappa shape index (κ1) is 10.1. The lowest BCUT2D eigenvalue weighted by molar-refractivity contribution is 0.394. The average molecular weight is 220 g/mol. The highest BCUT2D eigenvalue weighted by molar-refractivity contribution is 7.13. The molecule has 0 unspecified atom stereocenters. The molecule has 0 radical (unpaired) electrons. The Morgan fingerprint density at radius 3 is 2.13 bits per heavy atom. The molecule has 0 saturated carbocycles. The van der Waals surface area contributed by atoms with E-state index < -0.39 is 0 Å². The molecule has 78 valence electrons. The van der Waals surface area contributed by atoms with Gasteiger partial charge in [0.15, 0.2) is 0 Å². The van der Waals surface area contributed by atoms with Crippen LogP contribution in [0.25, 0.3) is 10.4 Å². The summed E-state index contributed by atoms with van der Waals surface area (Å²) in [5.74, 6) is 1.63. The van der Waals surface area contributed by atoms with Crippen LogP contribution in [-0.2, 0) is 0 Å². The Hall–Kier alpha value is -1.48. The van der Waals surface area contributed by atoms with E-state index in [0.29, 0.717) is 0 Å². The van der Waals surface area contributed by atoms with Gasteiger partial charge in [-0.3, -0.25) is 0 Å². The number of benzene rings is 1. The monoisotopic (exact) mass is 220 g/mol. The zero-order valence-electron chi connectivity index (χ0n) is 8.69. The summed E-state index contributed by atoms with van der Waals surface area (Å²) in [6.07, 6.45) is 0. The summed E-state index contributed by atoms with van der Waals surface area (Å²) in [5.41, 5.74) is 1.13. The number of hydrogen-bond acceptors (Lipinski definition) is 3. The fourth-order valence-electron chi connectivity index (χ4n) is 1.39. The van der Waals surface area contributed by atoms with Gasteiger partial charge in [0.05, 0.1) is 14.2 Å². The minimum Gasteiger partial charge on any atom is -0.497 e. The van der Waals surface area contributed by atoms with Gasteiger partial charge in [-0.25, -0.2) is 0 Å². The Kier molecular flexibility index (Phi) is 2.92. The molecule has 0 bridgehead atoms. The van der Waals surface area contributed by atoms with E-state index in [9.17, 15) is 0 Å². The summed E-state index contributed by atoms with van der Waals surface area (Å²) >= 11 is 1.70. The molecule has 3 heteroatoms. The fourth-order valence-corrected chi connectivity index (χ4v) is 2.11. The molecule has 15 heavy (non-hydrogen) atoms. The molecule has 0 N–H and O–H groups in total. The van der Waals surface area contributed by atoms with Gasteiger partial charge in [0.2, 0.25) is 0 Å². The maximum absolute atomic E-state index is 5.22. The lowest BCUT2D eigenvalue weighted by Crippen LogP contribution is -1.87. The first-order valence-corrected chi connectivity index (χ1v) is 5.48. The van der Waals surface area contributed by atoms with Crippen LogP contribution in [0.3, 0.4) is 0 Å². The Bertz CT molecular complexity index is 413. The second kappa shape index (κ2) is 4.36. The van der Waals surface area contributed by atoms with Gasteiger partial charge in [-0.1, -0.05) is 6.07 Å². The molecule has 0 aliphatic rings. The second-order valence-corrected chi connectivity index (χ2v) is 4.03. The Labute approximate surface area is 93.1 Å². The molecule has 0 spiro atoms. The van der Waals surface area contributed by atoms with Crippen LogP contribution in [0, 0.1) is 0 Å². The predicted molar refractivity (Wildman–Crippen MR) is 62.9 cm³/mol. The van der Waals surface area contributed by atoms with E-state index in [1.807, 2.05) is 24.3 Å². The first-order chi connectivity index (χ1) is 7.33. The Balaban J connectivity index is 2.47. The van der Waals surface area contributed by atoms with Crippen molar-refractivity contribution >= 4 is 11.3 Å². The smallest absolute Gasteiger partial charge is 0.123 e. The summed E-state index contributed by atoms with van der Waals surface area (Å²) in [6.45, 7) is 0. The van der Waals surface area contributed by atoms with Gasteiger partial charge in [-0.05, 0) is 29.1 Å². The molecule has 2 nitrogen and oxygen atoms in total. The molecule has 0 amide bonds. The predicted octanol–water partition coefficient (Wildman–Crippen LogP) is 3.43. The van der Waals surface area contributed by atoms with Crippen molar-refractivity contribution in [2.45, 2.75) is 0 Å². The van der Waals surface area contributed by atoms with Crippen molar-refractivity contribution in [1.82, 2.24) is 0 Å². The van der Waals surface area contributed by atoms with Crippen LogP contribution in [-0.4, -0.2) is 14.2 Å². The third-order valence-corrected chi connectivity index (χ3v) is 3.08. The van der Waals surface area contributed by atoms with Gasteiger partial charge < -0.3 is 9.47 Å². The molecule has 0 aliphatic heterocycles. The zero-order chi connectivity index (χ0) is 10.7. The summed E-state index contributed by atoms with van der Waals surface area (Å²) in [5, 5.41) is 2.06. The highest BCUT2D eigenvalue weighted by Gasteiger charge is 2.04. The van der Waals surface area contributed by atoms with Crippen LogP contribution in [0.15, 0.2) is 35.7 Å². The second-order valence-electron chi connectivity index (χ2n) is 3.08. The van der Waals surface area contributed by atoms with E-state index in [-0.39, 0.29) is 0 Å². The molecular formula is C12H12O2S. The quantitative estimate of drug-likeness (QED) is 0.789. The number of thiophene rings is 1. The van der Waals surface area contributed by atoms with Crippen molar-refractivity contribution in [3.05, 3.63) is 35.7 Å². The summed E-state index contributed by atoms with van der Waals surface area (Å²) in [7, 11) is 3.32. The largest absolute Gasteiger partial charge is 0.497 e. The summed E-state index contributed by atoms with van der Waals surface area (Å²) < 4.78 is 10.4. The highest BCUT2D eigenvalue weighted by Crippen LogP contribution is 2.31. The summed E-state index contributed by atoms with van der Waals surface area (Å²) in [6, 6.07) is 10.0. The maximum Gasteiger partial charge on any atom is 0.123 e. The van der Waals surface area contributed by atoms with E-state index in [1.54, 1.807) is 25.6 Å². The van der Waals surface area contributed by atoms with Crippen molar-refractivity contribution in [1.29, 1.82) is 0 Å². The molecular weight excluding hydrogens is 208 g/mol. The number of rotatable bonds is 3. The van der Waals surface area contributed by atoms with Crippen molar-refractivity contribution in [3.8, 4) is 21.9 Å². The normalized spacial score (nSPS) is 10.0. The topological polar surface area (TPSA) is 18.5 Å². The van der Waals surface area contributed by atoms with Crippen LogP contribution < -0.4 is 9.47 Å². The lowest BCUT2D eigenvalue weighted by Gasteiger charge is -2.06. The van der Waals surface area contributed by atoms with E-state index in [0.717, 1.165) is 17.1 Å². The molecule has 0 aliphatic carbocycles. The maximum atomic E-state index is 5.22. The summed E-state index contributed by atoms with van der Waals surface area (Å²) in [4.78, 5) is 1.22. The van der Waals surface area contributed by atoms with Gasteiger partial charge in [0.1, 0.15) is 11.5 Å². The lowest BCUT2D eigenvalue weighted by atomic mass is 10.1. The average Bonchev–Trinajstić information content (AvgIpc) is 2.81. The zero-order valence-corrected chi connectivity index (χ0v) is 9.51. The number of hydrogen-bond donors (Lipinski definition) is 0. The number of ether oxygens (including phenoxy) is 2. The first-order valence-electron chi connectivity index (χ1n) is 4.60. The van der Waals surface area contributed by atoms with E-state index >= 15 is 0 Å². The van der Waals surface area contributed by atoms with Gasteiger partial charge in [0.25, 0.3) is 0 Å². The molecule has 1 aromatic heterocycles. The highest BCUT2D eigenvalue weighted by atomic mass is 32.1. The molecule has 2 rings (SSSR count). The van der Waals surface area contributed by atoms with Crippen molar-refractivity contribution in [2.24, 2.45) is 0 Å². The molecule has 0 saturated heterocycles. The van der Waals surface area contributed by atoms with Crippen LogP contribution in [0.4, 0.5) is 0 Å². The third-order valence-electron chi connectivity index (χ3n) is 2.16. The van der Waals surface area contributed by atoms with Crippen LogP contribution in [0.5, 0.6) is 11.5 Å². The Morgan fingerprint density at radius 1 is 1.00 bits per heavy atom. The molecule has 2 aromatic rings. The van der Waals surface area contributed by atoms with Crippen LogP contribution >= 0.6 is 11.3 Å². The van der Waals surface area contributed by atoms with E-state index in [4.69, 9.17) is 9.47 Å². The standard InChI is InChI=1S/C12H12O2S/c1-13-10-6-9(7-11(8-10)14-2)12-4-3-5-15-12/h3-8H,1-2H3. The number of methoxy groups -OCH3 is 2. The van der Waals surface area contributed by atoms with E-state index in [2.05, 4.69) is 11.4 Å². The molecule has 1 heterocycles. The van der Waals surface area contributed by atoms with Crippen LogP contribution in [0.2, 0.25) is 0 Å². The molecule has 0 atom stereocenters. The SMILES string of the molecule is COc1cc(OC)cc(-c2cccs2)c1. The minimum atomic E-state index is 0.817. The van der Waals surface area contributed by atoms with Crippen molar-refractivity contribution in [3.63, 3.8) is 0 Å². The fraction of sp³-hybridized carbons (Fsp3) is 0.167. The molecule has 0 fully saturated rings. The van der Waals surface area contributed by atoms with Gasteiger partial charge in [0, 0.05) is 10.9 Å². The van der Waals surface area contributed by atoms with Gasteiger partial charge >= 0.3 is 0 Å².